The Hall–Kier alpha value is -5.22. The molecule has 0 fully saturated rings. The van der Waals surface area contributed by atoms with Gasteiger partial charge in [-0.1, -0.05) is 72.8 Å². The maximum absolute atomic E-state index is 4.74. The van der Waals surface area contributed by atoms with Gasteiger partial charge in [0.15, 0.2) is 0 Å². The number of fused-ring (bicyclic) bond motifs is 7. The van der Waals surface area contributed by atoms with Gasteiger partial charge >= 0.3 is 0 Å². The molecule has 0 spiro atoms. The zero-order valence-electron chi connectivity index (χ0n) is 22.6. The molecule has 0 saturated carbocycles. The van der Waals surface area contributed by atoms with Crippen LogP contribution in [0.1, 0.15) is 23.6 Å². The van der Waals surface area contributed by atoms with Crippen molar-refractivity contribution in [2.24, 2.45) is 9.98 Å². The van der Waals surface area contributed by atoms with Gasteiger partial charge in [-0.15, -0.1) is 0 Å². The third-order valence-electron chi connectivity index (χ3n) is 8.43. The minimum absolute atomic E-state index is 0.153. The maximum Gasteiger partial charge on any atom is 0.0859 e. The highest BCUT2D eigenvalue weighted by molar-refractivity contribution is 6.19. The molecule has 0 bridgehead atoms. The molecule has 1 unspecified atom stereocenters. The van der Waals surface area contributed by atoms with Gasteiger partial charge in [0, 0.05) is 34.8 Å². The summed E-state index contributed by atoms with van der Waals surface area (Å²) in [5.41, 5.74) is 11.8. The van der Waals surface area contributed by atoms with Crippen molar-refractivity contribution >= 4 is 51.8 Å². The first-order valence-corrected chi connectivity index (χ1v) is 14.1. The number of benzene rings is 5. The van der Waals surface area contributed by atoms with Crippen molar-refractivity contribution in [2.75, 3.05) is 4.90 Å². The van der Waals surface area contributed by atoms with E-state index in [2.05, 4.69) is 124 Å². The molecule has 0 saturated heterocycles. The monoisotopic (exact) mass is 528 g/mol. The molecule has 2 aliphatic heterocycles. The third kappa shape index (κ3) is 3.68. The van der Waals surface area contributed by atoms with E-state index in [1.807, 2.05) is 24.4 Å². The molecule has 0 N–H and O–H groups in total. The van der Waals surface area contributed by atoms with E-state index in [9.17, 15) is 0 Å². The van der Waals surface area contributed by atoms with Crippen molar-refractivity contribution in [1.29, 1.82) is 0 Å². The molecule has 6 aromatic rings. The fraction of sp³-hybridized carbons (Fsp3) is 0.0811. The smallest absolute Gasteiger partial charge is 0.0859 e. The molecule has 0 amide bonds. The number of aliphatic imine (C=N–C) groups is 2. The minimum atomic E-state index is 0.153. The van der Waals surface area contributed by atoms with Crippen LogP contribution in [0.5, 0.6) is 0 Å². The number of dihydropyridines is 1. The predicted octanol–water partition coefficient (Wildman–Crippen LogP) is 9.51. The van der Waals surface area contributed by atoms with Crippen LogP contribution in [0, 0.1) is 0 Å². The molecule has 0 radical (unpaired) electrons. The Bertz CT molecular complexity index is 2040. The highest BCUT2D eigenvalue weighted by Gasteiger charge is 2.28. The van der Waals surface area contributed by atoms with Gasteiger partial charge in [-0.25, -0.2) is 0 Å². The zero-order valence-corrected chi connectivity index (χ0v) is 22.6. The number of allylic oxidation sites excluding steroid dienone is 1. The van der Waals surface area contributed by atoms with Crippen molar-refractivity contribution in [3.8, 4) is 16.8 Å². The summed E-state index contributed by atoms with van der Waals surface area (Å²) in [7, 11) is 0. The SMILES string of the molecule is C=Nc1ccccc1N1Cc2ccccc2-c2c1ccc1c2c2ccccc2n1-c1cccc(C2CC=CC=N2)c1. The van der Waals surface area contributed by atoms with Gasteiger partial charge in [0.1, 0.15) is 0 Å². The van der Waals surface area contributed by atoms with Gasteiger partial charge in [0.2, 0.25) is 0 Å². The standard InChI is InChI=1S/C37H28N4/c1-38-31-17-5-7-19-33(31)40-24-26-11-2-3-14-28(26)36-34(40)20-21-35-37(36)29-15-4-6-18-32(29)41(35)27-13-10-12-25(23-27)30-16-8-9-22-39-30/h2-15,17-23,30H,1,16,24H2. The first-order chi connectivity index (χ1) is 20.3. The second-order valence-electron chi connectivity index (χ2n) is 10.7. The first kappa shape index (κ1) is 23.6. The highest BCUT2D eigenvalue weighted by Crippen LogP contribution is 2.50. The van der Waals surface area contributed by atoms with Gasteiger partial charge in [0.05, 0.1) is 34.1 Å². The summed E-state index contributed by atoms with van der Waals surface area (Å²) in [6, 6.07) is 39.4. The number of hydrogen-bond donors (Lipinski definition) is 0. The molecule has 196 valence electrons. The van der Waals surface area contributed by atoms with Crippen LogP contribution in [-0.2, 0) is 6.54 Å². The van der Waals surface area contributed by atoms with Gasteiger partial charge in [-0.3, -0.25) is 9.98 Å². The number of para-hydroxylation sites is 3. The van der Waals surface area contributed by atoms with E-state index in [1.54, 1.807) is 0 Å². The molecule has 1 atom stereocenters. The van der Waals surface area contributed by atoms with Crippen LogP contribution >= 0.6 is 0 Å². The van der Waals surface area contributed by atoms with E-state index in [0.29, 0.717) is 0 Å². The Kier molecular flexibility index (Phi) is 5.46. The van der Waals surface area contributed by atoms with Gasteiger partial charge in [-0.05, 0) is 78.4 Å². The second kappa shape index (κ2) is 9.46. The summed E-state index contributed by atoms with van der Waals surface area (Å²) in [5, 5.41) is 2.51. The molecule has 5 aromatic carbocycles. The second-order valence-corrected chi connectivity index (χ2v) is 10.7. The lowest BCUT2D eigenvalue weighted by Crippen LogP contribution is -2.21. The van der Waals surface area contributed by atoms with E-state index in [4.69, 9.17) is 4.99 Å². The fourth-order valence-electron chi connectivity index (χ4n) is 6.60. The van der Waals surface area contributed by atoms with Crippen LogP contribution in [0.2, 0.25) is 0 Å². The van der Waals surface area contributed by atoms with E-state index in [0.717, 1.165) is 30.0 Å². The Balaban J connectivity index is 1.43. The number of nitrogens with zero attached hydrogens (tertiary/aromatic N) is 4. The zero-order chi connectivity index (χ0) is 27.3. The molecule has 8 rings (SSSR count). The van der Waals surface area contributed by atoms with E-state index in [1.165, 1.54) is 49.7 Å². The molecular formula is C37H28N4. The van der Waals surface area contributed by atoms with Crippen LogP contribution < -0.4 is 4.90 Å². The topological polar surface area (TPSA) is 32.9 Å². The van der Waals surface area contributed by atoms with Crippen LogP contribution in [0.3, 0.4) is 0 Å². The Morgan fingerprint density at radius 3 is 2.54 bits per heavy atom. The molecule has 2 aliphatic rings. The average molecular weight is 529 g/mol. The van der Waals surface area contributed by atoms with Crippen molar-refractivity contribution < 1.29 is 0 Å². The predicted molar refractivity (Wildman–Crippen MR) is 173 cm³/mol. The summed E-state index contributed by atoms with van der Waals surface area (Å²) >= 11 is 0. The highest BCUT2D eigenvalue weighted by atomic mass is 15.2. The lowest BCUT2D eigenvalue weighted by Gasteiger charge is -2.34. The summed E-state index contributed by atoms with van der Waals surface area (Å²) in [6.07, 6.45) is 7.06. The summed E-state index contributed by atoms with van der Waals surface area (Å²) in [5.74, 6) is 0. The normalized spacial score (nSPS) is 15.7. The lowest BCUT2D eigenvalue weighted by atomic mass is 9.89. The van der Waals surface area contributed by atoms with Gasteiger partial charge in [-0.2, -0.15) is 0 Å². The molecular weight excluding hydrogens is 500 g/mol. The molecule has 0 aliphatic carbocycles. The minimum Gasteiger partial charge on any atom is -0.335 e. The quantitative estimate of drug-likeness (QED) is 0.210. The average Bonchev–Trinajstić information content (AvgIpc) is 3.39. The van der Waals surface area contributed by atoms with E-state index >= 15 is 0 Å². The summed E-state index contributed by atoms with van der Waals surface area (Å²) < 4.78 is 2.41. The van der Waals surface area contributed by atoms with Crippen LogP contribution in [-0.4, -0.2) is 17.5 Å². The van der Waals surface area contributed by atoms with E-state index in [-0.39, 0.29) is 6.04 Å². The summed E-state index contributed by atoms with van der Waals surface area (Å²) in [6.45, 7) is 4.64. The molecule has 4 nitrogen and oxygen atoms in total. The van der Waals surface area contributed by atoms with Gasteiger partial charge < -0.3 is 9.47 Å². The number of rotatable bonds is 4. The molecule has 4 heteroatoms. The largest absolute Gasteiger partial charge is 0.335 e. The van der Waals surface area contributed by atoms with Crippen molar-refractivity contribution in [1.82, 2.24) is 4.57 Å². The lowest BCUT2D eigenvalue weighted by molar-refractivity contribution is 0.740. The van der Waals surface area contributed by atoms with Crippen LogP contribution in [0.15, 0.2) is 131 Å². The third-order valence-corrected chi connectivity index (χ3v) is 8.43. The Labute approximate surface area is 239 Å². The number of hydrogen-bond acceptors (Lipinski definition) is 3. The Morgan fingerprint density at radius 1 is 0.780 bits per heavy atom. The number of anilines is 2. The van der Waals surface area contributed by atoms with E-state index < -0.39 is 0 Å². The summed E-state index contributed by atoms with van der Waals surface area (Å²) in [4.78, 5) is 11.5. The van der Waals surface area contributed by atoms with Crippen molar-refractivity contribution in [3.63, 3.8) is 0 Å². The first-order valence-electron chi connectivity index (χ1n) is 14.1. The molecule has 1 aromatic heterocycles. The van der Waals surface area contributed by atoms with Crippen LogP contribution in [0.4, 0.5) is 17.1 Å². The molecule has 41 heavy (non-hydrogen) atoms. The van der Waals surface area contributed by atoms with Crippen molar-refractivity contribution in [3.05, 3.63) is 132 Å². The Morgan fingerprint density at radius 2 is 1.63 bits per heavy atom. The fourth-order valence-corrected chi connectivity index (χ4v) is 6.60. The van der Waals surface area contributed by atoms with Crippen molar-refractivity contribution in [2.45, 2.75) is 19.0 Å². The van der Waals surface area contributed by atoms with Gasteiger partial charge in [0.25, 0.3) is 0 Å². The molecule has 3 heterocycles. The maximum atomic E-state index is 4.74. The van der Waals surface area contributed by atoms with Crippen LogP contribution in [0.25, 0.3) is 38.6 Å². The number of aromatic nitrogens is 1.